The van der Waals surface area contributed by atoms with Crippen LogP contribution >= 0.6 is 0 Å². The molecule has 10 heteroatoms. The fraction of sp³-hybridized carbons (Fsp3) is 0.200. The zero-order valence-electron chi connectivity index (χ0n) is 15.2. The molecule has 2 aromatic carbocycles. The van der Waals surface area contributed by atoms with E-state index in [1.807, 2.05) is 18.2 Å². The summed E-state index contributed by atoms with van der Waals surface area (Å²) in [7, 11) is 0. The Morgan fingerprint density at radius 2 is 1.73 bits per heavy atom. The van der Waals surface area contributed by atoms with Crippen molar-refractivity contribution in [3.63, 3.8) is 0 Å². The van der Waals surface area contributed by atoms with Gasteiger partial charge in [0.2, 0.25) is 6.23 Å². The molecule has 2 aromatic rings. The Morgan fingerprint density at radius 3 is 2.37 bits per heavy atom. The molecule has 2 amide bonds. The first-order valence-corrected chi connectivity index (χ1v) is 8.84. The number of aliphatic hydroxyl groups is 1. The Morgan fingerprint density at radius 1 is 1.10 bits per heavy atom. The Balaban J connectivity index is 1.46. The Labute approximate surface area is 168 Å². The van der Waals surface area contributed by atoms with Crippen LogP contribution in [-0.2, 0) is 14.3 Å². The zero-order valence-corrected chi connectivity index (χ0v) is 15.2. The van der Waals surface area contributed by atoms with Crippen LogP contribution < -0.4 is 10.1 Å². The number of carbonyl (C=O) groups excluding carboxylic acids is 2. The molecule has 2 aliphatic rings. The number of amides is 2. The smallest absolute Gasteiger partial charge is 0.433 e. The van der Waals surface area contributed by atoms with Gasteiger partial charge in [-0.3, -0.25) is 14.5 Å². The van der Waals surface area contributed by atoms with E-state index in [2.05, 4.69) is 10.1 Å². The second kappa shape index (κ2) is 7.38. The summed E-state index contributed by atoms with van der Waals surface area (Å²) in [6.45, 7) is -0.552. The number of rotatable bonds is 4. The van der Waals surface area contributed by atoms with E-state index in [4.69, 9.17) is 4.74 Å². The topological polar surface area (TPSA) is 88.1 Å². The van der Waals surface area contributed by atoms with Crippen LogP contribution in [0.15, 0.2) is 65.9 Å². The molecule has 2 atom stereocenters. The third kappa shape index (κ3) is 3.57. The standard InChI is InChI=1S/C20H15F3N2O5/c21-20(22,23)19-25-14(10-29-19)16(26)15(18(25)28)17(27)24-11-6-8-13(9-7-11)30-12-4-2-1-3-5-12/h1-9,14,19,26H,10H2,(H,24,27). The van der Waals surface area contributed by atoms with Crippen molar-refractivity contribution >= 4 is 17.5 Å². The molecule has 4 rings (SSSR count). The third-order valence-corrected chi connectivity index (χ3v) is 4.62. The van der Waals surface area contributed by atoms with Crippen LogP contribution in [-0.4, -0.2) is 46.9 Å². The highest BCUT2D eigenvalue weighted by molar-refractivity contribution is 6.24. The van der Waals surface area contributed by atoms with E-state index in [0.717, 1.165) is 0 Å². The molecule has 2 N–H and O–H groups in total. The predicted molar refractivity (Wildman–Crippen MR) is 97.7 cm³/mol. The molecular weight excluding hydrogens is 405 g/mol. The maximum atomic E-state index is 13.0. The lowest BCUT2D eigenvalue weighted by Gasteiger charge is -2.24. The van der Waals surface area contributed by atoms with Gasteiger partial charge in [-0.1, -0.05) is 18.2 Å². The lowest BCUT2D eigenvalue weighted by molar-refractivity contribution is -0.238. The largest absolute Gasteiger partial charge is 0.509 e. The molecule has 0 aromatic heterocycles. The van der Waals surface area contributed by atoms with Crippen LogP contribution in [0.2, 0.25) is 0 Å². The molecule has 0 bridgehead atoms. The number of aliphatic hydroxyl groups excluding tert-OH is 1. The minimum absolute atomic E-state index is 0.268. The van der Waals surface area contributed by atoms with Gasteiger partial charge in [-0.25, -0.2) is 0 Å². The van der Waals surface area contributed by atoms with Crippen molar-refractivity contribution < 1.29 is 37.3 Å². The molecule has 1 fully saturated rings. The van der Waals surface area contributed by atoms with Gasteiger partial charge in [0, 0.05) is 5.69 Å². The quantitative estimate of drug-likeness (QED) is 0.741. The molecule has 1 saturated heterocycles. The van der Waals surface area contributed by atoms with Crippen LogP contribution in [0.25, 0.3) is 0 Å². The lowest BCUT2D eigenvalue weighted by Crippen LogP contribution is -2.46. The van der Waals surface area contributed by atoms with Crippen molar-refractivity contribution in [1.29, 1.82) is 0 Å². The summed E-state index contributed by atoms with van der Waals surface area (Å²) in [6, 6.07) is 13.8. The molecule has 30 heavy (non-hydrogen) atoms. The highest BCUT2D eigenvalue weighted by atomic mass is 19.4. The summed E-state index contributed by atoms with van der Waals surface area (Å²) in [5.41, 5.74) is -0.466. The number of hydrogen-bond donors (Lipinski definition) is 2. The van der Waals surface area contributed by atoms with Crippen molar-refractivity contribution in [2.75, 3.05) is 11.9 Å². The maximum Gasteiger partial charge on any atom is 0.433 e. The zero-order chi connectivity index (χ0) is 21.5. The normalized spacial score (nSPS) is 21.0. The van der Waals surface area contributed by atoms with Gasteiger partial charge in [-0.05, 0) is 36.4 Å². The van der Waals surface area contributed by atoms with Crippen molar-refractivity contribution in [1.82, 2.24) is 4.90 Å². The van der Waals surface area contributed by atoms with E-state index in [1.54, 1.807) is 24.3 Å². The van der Waals surface area contributed by atoms with Crippen LogP contribution in [0, 0.1) is 0 Å². The highest BCUT2D eigenvalue weighted by Crippen LogP contribution is 2.39. The van der Waals surface area contributed by atoms with E-state index in [1.165, 1.54) is 12.1 Å². The number of carbonyl (C=O) groups is 2. The first-order chi connectivity index (χ1) is 14.3. The second-order valence-electron chi connectivity index (χ2n) is 6.61. The lowest BCUT2D eigenvalue weighted by atomic mass is 10.2. The average molecular weight is 420 g/mol. The minimum atomic E-state index is -4.84. The number of alkyl halides is 3. The summed E-state index contributed by atoms with van der Waals surface area (Å²) in [5.74, 6) is -1.89. The molecule has 2 aliphatic heterocycles. The van der Waals surface area contributed by atoms with E-state index in [0.29, 0.717) is 16.4 Å². The first-order valence-electron chi connectivity index (χ1n) is 8.84. The third-order valence-electron chi connectivity index (χ3n) is 4.62. The number of nitrogens with one attached hydrogen (secondary N) is 1. The molecule has 2 heterocycles. The monoisotopic (exact) mass is 420 g/mol. The Kier molecular flexibility index (Phi) is 4.86. The molecule has 2 unspecified atom stereocenters. The number of nitrogens with zero attached hydrogens (tertiary/aromatic N) is 1. The first kappa shape index (κ1) is 19.8. The molecule has 0 saturated carbocycles. The van der Waals surface area contributed by atoms with Crippen molar-refractivity contribution in [2.45, 2.75) is 18.4 Å². The van der Waals surface area contributed by atoms with Gasteiger partial charge >= 0.3 is 6.18 Å². The fourth-order valence-corrected chi connectivity index (χ4v) is 3.26. The number of para-hydroxylation sites is 1. The summed E-state index contributed by atoms with van der Waals surface area (Å²) in [5, 5.41) is 12.6. The van der Waals surface area contributed by atoms with Crippen LogP contribution in [0.4, 0.5) is 18.9 Å². The highest BCUT2D eigenvalue weighted by Gasteiger charge is 2.59. The van der Waals surface area contributed by atoms with Gasteiger partial charge < -0.3 is 19.9 Å². The average Bonchev–Trinajstić information content (AvgIpc) is 3.25. The SMILES string of the molecule is O=C(Nc1ccc(Oc2ccccc2)cc1)C1=C(O)C2COC(C(F)(F)F)N2C1=O. The molecular formula is C20H15F3N2O5. The molecule has 7 nitrogen and oxygen atoms in total. The van der Waals surface area contributed by atoms with E-state index in [9.17, 15) is 27.9 Å². The minimum Gasteiger partial charge on any atom is -0.509 e. The van der Waals surface area contributed by atoms with Crippen molar-refractivity contribution in [3.05, 3.63) is 65.9 Å². The number of anilines is 1. The number of fused-ring (bicyclic) bond motifs is 1. The molecule has 0 spiro atoms. The van der Waals surface area contributed by atoms with Gasteiger partial charge in [0.15, 0.2) is 0 Å². The summed E-state index contributed by atoms with van der Waals surface area (Å²) < 4.78 is 49.3. The van der Waals surface area contributed by atoms with Crippen LogP contribution in [0.5, 0.6) is 11.5 Å². The number of hydrogen-bond acceptors (Lipinski definition) is 5. The summed E-state index contributed by atoms with van der Waals surface area (Å²) >= 11 is 0. The Hall–Kier alpha value is -3.53. The van der Waals surface area contributed by atoms with Crippen LogP contribution in [0.1, 0.15) is 0 Å². The molecule has 156 valence electrons. The Bertz CT molecular complexity index is 1010. The van der Waals surface area contributed by atoms with E-state index >= 15 is 0 Å². The number of ether oxygens (including phenoxy) is 2. The van der Waals surface area contributed by atoms with Gasteiger partial charge in [-0.15, -0.1) is 0 Å². The summed E-state index contributed by atoms with van der Waals surface area (Å²) in [6.07, 6.45) is -7.34. The molecule has 0 radical (unpaired) electrons. The number of benzene rings is 2. The fourth-order valence-electron chi connectivity index (χ4n) is 3.26. The number of halogens is 3. The maximum absolute atomic E-state index is 13.0. The second-order valence-corrected chi connectivity index (χ2v) is 6.61. The van der Waals surface area contributed by atoms with Crippen LogP contribution in [0.3, 0.4) is 0 Å². The van der Waals surface area contributed by atoms with Crippen molar-refractivity contribution in [3.8, 4) is 11.5 Å². The van der Waals surface area contributed by atoms with Gasteiger partial charge in [0.05, 0.1) is 6.61 Å². The van der Waals surface area contributed by atoms with E-state index < -0.39 is 48.2 Å². The molecule has 0 aliphatic carbocycles. The van der Waals surface area contributed by atoms with E-state index in [-0.39, 0.29) is 5.69 Å². The summed E-state index contributed by atoms with van der Waals surface area (Å²) in [4.78, 5) is 25.2. The van der Waals surface area contributed by atoms with Gasteiger partial charge in [0.1, 0.15) is 28.9 Å². The van der Waals surface area contributed by atoms with Crippen molar-refractivity contribution in [2.24, 2.45) is 0 Å². The van der Waals surface area contributed by atoms with Gasteiger partial charge in [0.25, 0.3) is 11.8 Å². The van der Waals surface area contributed by atoms with Gasteiger partial charge in [-0.2, -0.15) is 13.2 Å². The predicted octanol–water partition coefficient (Wildman–Crippen LogP) is 3.36.